The summed E-state index contributed by atoms with van der Waals surface area (Å²) in [4.78, 5) is 21.7. The maximum atomic E-state index is 12.9. The predicted molar refractivity (Wildman–Crippen MR) is 121 cm³/mol. The van der Waals surface area contributed by atoms with E-state index in [0.29, 0.717) is 0 Å². The first kappa shape index (κ1) is 20.1. The average molecular weight is 418 g/mol. The number of fused-ring (bicyclic) bond motifs is 1. The van der Waals surface area contributed by atoms with Gasteiger partial charge in [0.2, 0.25) is 5.91 Å². The molecule has 0 fully saturated rings. The maximum absolute atomic E-state index is 12.9. The quantitative estimate of drug-likeness (QED) is 0.371. The molecule has 7 heteroatoms. The van der Waals surface area contributed by atoms with Gasteiger partial charge in [0, 0.05) is 5.69 Å². The van der Waals surface area contributed by atoms with Gasteiger partial charge in [0.05, 0.1) is 22.5 Å². The molecule has 1 amide bonds. The summed E-state index contributed by atoms with van der Waals surface area (Å²) < 4.78 is 1.78. The Hall–Kier alpha value is -3.19. The van der Waals surface area contributed by atoms with E-state index in [1.807, 2.05) is 51.1 Å². The fourth-order valence-electron chi connectivity index (χ4n) is 3.50. The second-order valence-electron chi connectivity index (χ2n) is 7.33. The molecule has 0 aliphatic carbocycles. The number of rotatable bonds is 5. The van der Waals surface area contributed by atoms with Crippen molar-refractivity contribution in [2.75, 3.05) is 5.32 Å². The number of aryl methyl sites for hydroxylation is 3. The molecule has 0 aliphatic heterocycles. The minimum atomic E-state index is -0.330. The second kappa shape index (κ2) is 8.28. The van der Waals surface area contributed by atoms with Crippen LogP contribution < -0.4 is 5.32 Å². The smallest absolute Gasteiger partial charge is 0.237 e. The van der Waals surface area contributed by atoms with E-state index in [1.54, 1.807) is 10.9 Å². The molecule has 0 aliphatic rings. The first-order valence-corrected chi connectivity index (χ1v) is 10.6. The van der Waals surface area contributed by atoms with Crippen molar-refractivity contribution in [3.63, 3.8) is 0 Å². The van der Waals surface area contributed by atoms with Gasteiger partial charge in [-0.3, -0.25) is 4.79 Å². The number of carbonyl (C=O) groups excluding carboxylic acids is 1. The van der Waals surface area contributed by atoms with Gasteiger partial charge in [-0.2, -0.15) is 5.10 Å². The summed E-state index contributed by atoms with van der Waals surface area (Å²) in [5, 5.41) is 8.79. The highest BCUT2D eigenvalue weighted by molar-refractivity contribution is 8.00. The molecule has 0 spiro atoms. The highest BCUT2D eigenvalue weighted by Gasteiger charge is 2.20. The van der Waals surface area contributed by atoms with Gasteiger partial charge in [-0.25, -0.2) is 14.6 Å². The van der Waals surface area contributed by atoms with E-state index in [-0.39, 0.29) is 11.2 Å². The number of amides is 1. The molecular formula is C23H23N5OS. The van der Waals surface area contributed by atoms with E-state index in [4.69, 9.17) is 0 Å². The average Bonchev–Trinajstić information content (AvgIpc) is 3.16. The molecule has 2 aromatic carbocycles. The number of nitrogens with zero attached hydrogens (tertiary/aromatic N) is 4. The Bertz CT molecular complexity index is 1200. The van der Waals surface area contributed by atoms with Crippen LogP contribution in [0, 0.1) is 20.8 Å². The number of aromatic nitrogens is 4. The van der Waals surface area contributed by atoms with Crippen molar-refractivity contribution < 1.29 is 4.79 Å². The third-order valence-corrected chi connectivity index (χ3v) is 6.03. The third kappa shape index (κ3) is 3.93. The van der Waals surface area contributed by atoms with Gasteiger partial charge < -0.3 is 5.32 Å². The Morgan fingerprint density at radius 1 is 1.07 bits per heavy atom. The summed E-state index contributed by atoms with van der Waals surface area (Å²) in [6, 6.07) is 14.0. The van der Waals surface area contributed by atoms with Crippen LogP contribution in [0.3, 0.4) is 0 Å². The van der Waals surface area contributed by atoms with Crippen LogP contribution in [0.1, 0.15) is 23.6 Å². The van der Waals surface area contributed by atoms with E-state index < -0.39 is 0 Å². The van der Waals surface area contributed by atoms with Crippen LogP contribution in [0.15, 0.2) is 60.0 Å². The van der Waals surface area contributed by atoms with Gasteiger partial charge in [-0.05, 0) is 51.0 Å². The standard InChI is InChI=1S/C23H23N5OS/c1-14-10-15(2)20(16(3)11-14)27-22(29)17(4)30-23-19-12-26-28(21(19)24-13-25-23)18-8-6-5-7-9-18/h5-13,17H,1-4H3,(H,27,29)/t17-/m1/s1. The summed E-state index contributed by atoms with van der Waals surface area (Å²) in [6.07, 6.45) is 3.27. The number of benzene rings is 2. The Morgan fingerprint density at radius 3 is 2.47 bits per heavy atom. The molecule has 4 rings (SSSR count). The zero-order chi connectivity index (χ0) is 21.3. The monoisotopic (exact) mass is 417 g/mol. The van der Waals surface area contributed by atoms with Gasteiger partial charge in [0.1, 0.15) is 11.4 Å². The number of thioether (sulfide) groups is 1. The molecule has 0 radical (unpaired) electrons. The highest BCUT2D eigenvalue weighted by Crippen LogP contribution is 2.30. The molecule has 2 aromatic heterocycles. The van der Waals surface area contributed by atoms with Gasteiger partial charge in [0.15, 0.2) is 5.65 Å². The molecule has 1 N–H and O–H groups in total. The SMILES string of the molecule is Cc1cc(C)c(NC(=O)[C@@H](C)Sc2ncnc3c2cnn3-c2ccccc2)c(C)c1. The minimum Gasteiger partial charge on any atom is -0.325 e. The largest absolute Gasteiger partial charge is 0.325 e. The lowest BCUT2D eigenvalue weighted by Gasteiger charge is -2.16. The molecule has 0 bridgehead atoms. The Balaban J connectivity index is 1.57. The fraction of sp³-hybridized carbons (Fsp3) is 0.217. The van der Waals surface area contributed by atoms with E-state index >= 15 is 0 Å². The number of hydrogen-bond acceptors (Lipinski definition) is 5. The lowest BCUT2D eigenvalue weighted by atomic mass is 10.1. The molecule has 30 heavy (non-hydrogen) atoms. The summed E-state index contributed by atoms with van der Waals surface area (Å²) in [5.41, 5.74) is 5.83. The van der Waals surface area contributed by atoms with Crippen molar-refractivity contribution in [3.05, 3.63) is 71.7 Å². The van der Waals surface area contributed by atoms with E-state index in [0.717, 1.165) is 38.6 Å². The van der Waals surface area contributed by atoms with Crippen LogP contribution in [-0.2, 0) is 4.79 Å². The third-order valence-electron chi connectivity index (χ3n) is 4.91. The molecule has 6 nitrogen and oxygen atoms in total. The fourth-order valence-corrected chi connectivity index (χ4v) is 4.38. The van der Waals surface area contributed by atoms with Crippen molar-refractivity contribution in [3.8, 4) is 5.69 Å². The maximum Gasteiger partial charge on any atom is 0.237 e. The molecule has 152 valence electrons. The lowest BCUT2D eigenvalue weighted by molar-refractivity contribution is -0.115. The van der Waals surface area contributed by atoms with Crippen LogP contribution in [0.5, 0.6) is 0 Å². The van der Waals surface area contributed by atoms with Crippen molar-refractivity contribution in [2.24, 2.45) is 0 Å². The van der Waals surface area contributed by atoms with E-state index in [1.165, 1.54) is 23.7 Å². The van der Waals surface area contributed by atoms with Crippen LogP contribution in [-0.4, -0.2) is 30.9 Å². The first-order chi connectivity index (χ1) is 14.4. The van der Waals surface area contributed by atoms with Gasteiger partial charge in [-0.15, -0.1) is 0 Å². The van der Waals surface area contributed by atoms with Crippen molar-refractivity contribution in [2.45, 2.75) is 38.0 Å². The topological polar surface area (TPSA) is 72.7 Å². The molecular weight excluding hydrogens is 394 g/mol. The highest BCUT2D eigenvalue weighted by atomic mass is 32.2. The van der Waals surface area contributed by atoms with Crippen molar-refractivity contribution >= 4 is 34.4 Å². The summed E-state index contributed by atoms with van der Waals surface area (Å²) in [7, 11) is 0. The van der Waals surface area contributed by atoms with E-state index in [9.17, 15) is 4.79 Å². The number of nitrogens with one attached hydrogen (secondary N) is 1. The first-order valence-electron chi connectivity index (χ1n) is 9.73. The van der Waals surface area contributed by atoms with Crippen LogP contribution >= 0.6 is 11.8 Å². The molecule has 4 aromatic rings. The Morgan fingerprint density at radius 2 is 1.77 bits per heavy atom. The normalized spacial score (nSPS) is 12.1. The van der Waals surface area contributed by atoms with Crippen molar-refractivity contribution in [1.29, 1.82) is 0 Å². The molecule has 0 saturated carbocycles. The number of anilines is 1. The zero-order valence-electron chi connectivity index (χ0n) is 17.4. The van der Waals surface area contributed by atoms with E-state index in [2.05, 4.69) is 39.4 Å². The van der Waals surface area contributed by atoms with Crippen LogP contribution in [0.4, 0.5) is 5.69 Å². The lowest BCUT2D eigenvalue weighted by Crippen LogP contribution is -2.23. The molecule has 0 saturated heterocycles. The Labute approximate surface area is 179 Å². The zero-order valence-corrected chi connectivity index (χ0v) is 18.2. The van der Waals surface area contributed by atoms with Gasteiger partial charge in [0.25, 0.3) is 0 Å². The predicted octanol–water partition coefficient (Wildman–Crippen LogP) is 4.86. The van der Waals surface area contributed by atoms with Gasteiger partial charge in [-0.1, -0.05) is 47.7 Å². The molecule has 2 heterocycles. The Kier molecular flexibility index (Phi) is 5.55. The number of carbonyl (C=O) groups is 1. The summed E-state index contributed by atoms with van der Waals surface area (Å²) >= 11 is 1.41. The second-order valence-corrected chi connectivity index (χ2v) is 8.66. The molecule has 0 unspecified atom stereocenters. The minimum absolute atomic E-state index is 0.0581. The number of para-hydroxylation sites is 1. The van der Waals surface area contributed by atoms with Crippen LogP contribution in [0.2, 0.25) is 0 Å². The number of hydrogen-bond donors (Lipinski definition) is 1. The summed E-state index contributed by atoms with van der Waals surface area (Å²) in [5.74, 6) is -0.0581. The van der Waals surface area contributed by atoms with Gasteiger partial charge >= 0.3 is 0 Å². The van der Waals surface area contributed by atoms with Crippen LogP contribution in [0.25, 0.3) is 16.7 Å². The molecule has 1 atom stereocenters. The van der Waals surface area contributed by atoms with Crippen molar-refractivity contribution in [1.82, 2.24) is 19.7 Å². The summed E-state index contributed by atoms with van der Waals surface area (Å²) in [6.45, 7) is 7.97.